The molecule has 2 rings (SSSR count). The van der Waals surface area contributed by atoms with Gasteiger partial charge in [0.15, 0.2) is 0 Å². The molecule has 1 heterocycles. The van der Waals surface area contributed by atoms with Gasteiger partial charge >= 0.3 is 6.09 Å². The Kier molecular flexibility index (Phi) is 5.81. The van der Waals surface area contributed by atoms with Crippen LogP contribution in [-0.4, -0.2) is 42.6 Å². The number of amides is 2. The van der Waals surface area contributed by atoms with E-state index in [-0.39, 0.29) is 17.7 Å². The average Bonchev–Trinajstić information content (AvgIpc) is 2.47. The SMILES string of the molecule is CCOC(=O)N1CCC(Nc2cc(Br)cc(F)c2C(N)=O)CC1. The summed E-state index contributed by atoms with van der Waals surface area (Å²) in [6.45, 7) is 3.19. The van der Waals surface area contributed by atoms with Crippen LogP contribution in [0.2, 0.25) is 0 Å². The minimum absolute atomic E-state index is 0.0208. The van der Waals surface area contributed by atoms with Gasteiger partial charge in [-0.25, -0.2) is 9.18 Å². The second-order valence-electron chi connectivity index (χ2n) is 5.28. The number of carbonyl (C=O) groups is 2. The molecule has 23 heavy (non-hydrogen) atoms. The Hall–Kier alpha value is -1.83. The van der Waals surface area contributed by atoms with E-state index in [9.17, 15) is 14.0 Å². The van der Waals surface area contributed by atoms with Crippen molar-refractivity contribution in [1.29, 1.82) is 0 Å². The van der Waals surface area contributed by atoms with Crippen molar-refractivity contribution in [2.75, 3.05) is 25.0 Å². The molecule has 0 radical (unpaired) electrons. The van der Waals surface area contributed by atoms with E-state index in [2.05, 4.69) is 21.2 Å². The number of benzene rings is 1. The smallest absolute Gasteiger partial charge is 0.409 e. The summed E-state index contributed by atoms with van der Waals surface area (Å²) in [5.41, 5.74) is 5.47. The molecule has 2 amide bonds. The Morgan fingerprint density at radius 1 is 1.43 bits per heavy atom. The summed E-state index contributed by atoms with van der Waals surface area (Å²) in [4.78, 5) is 24.8. The summed E-state index contributed by atoms with van der Waals surface area (Å²) in [6, 6.07) is 2.85. The maximum absolute atomic E-state index is 13.9. The fourth-order valence-electron chi connectivity index (χ4n) is 2.58. The first-order valence-corrected chi connectivity index (χ1v) is 8.18. The van der Waals surface area contributed by atoms with E-state index in [1.807, 2.05) is 0 Å². The van der Waals surface area contributed by atoms with Crippen LogP contribution in [0.1, 0.15) is 30.1 Å². The van der Waals surface area contributed by atoms with E-state index in [0.29, 0.717) is 42.7 Å². The lowest BCUT2D eigenvalue weighted by atomic mass is 10.0. The minimum atomic E-state index is -0.818. The van der Waals surface area contributed by atoms with Crippen LogP contribution in [0.3, 0.4) is 0 Å². The van der Waals surface area contributed by atoms with Gasteiger partial charge in [-0.2, -0.15) is 0 Å². The lowest BCUT2D eigenvalue weighted by Gasteiger charge is -2.32. The predicted octanol–water partition coefficient (Wildman–Crippen LogP) is 2.72. The number of halogens is 2. The number of nitrogens with one attached hydrogen (secondary N) is 1. The molecule has 1 fully saturated rings. The molecule has 126 valence electrons. The molecule has 0 bridgehead atoms. The van der Waals surface area contributed by atoms with E-state index >= 15 is 0 Å². The number of hydrogen-bond acceptors (Lipinski definition) is 4. The standard InChI is InChI=1S/C15H19BrFN3O3/c1-2-23-15(22)20-5-3-10(4-6-20)19-12-8-9(16)7-11(17)13(12)14(18)21/h7-8,10,19H,2-6H2,1H3,(H2,18,21). The highest BCUT2D eigenvalue weighted by molar-refractivity contribution is 9.10. The van der Waals surface area contributed by atoms with Gasteiger partial charge in [0.05, 0.1) is 17.9 Å². The zero-order valence-corrected chi connectivity index (χ0v) is 14.4. The molecule has 0 atom stereocenters. The Balaban J connectivity index is 2.04. The molecule has 0 saturated carbocycles. The van der Waals surface area contributed by atoms with Crippen LogP contribution >= 0.6 is 15.9 Å². The Morgan fingerprint density at radius 3 is 2.65 bits per heavy atom. The highest BCUT2D eigenvalue weighted by Gasteiger charge is 2.25. The van der Waals surface area contributed by atoms with Crippen molar-refractivity contribution >= 4 is 33.6 Å². The number of primary amides is 1. The highest BCUT2D eigenvalue weighted by atomic mass is 79.9. The van der Waals surface area contributed by atoms with E-state index < -0.39 is 11.7 Å². The summed E-state index contributed by atoms with van der Waals surface area (Å²) in [6.07, 6.45) is 1.02. The number of nitrogens with zero attached hydrogens (tertiary/aromatic N) is 1. The quantitative estimate of drug-likeness (QED) is 0.831. The summed E-state index contributed by atoms with van der Waals surface area (Å²) >= 11 is 3.21. The van der Waals surface area contributed by atoms with Gasteiger partial charge in [0.1, 0.15) is 5.82 Å². The van der Waals surface area contributed by atoms with Crippen molar-refractivity contribution in [3.63, 3.8) is 0 Å². The van der Waals surface area contributed by atoms with E-state index in [1.54, 1.807) is 17.9 Å². The third kappa shape index (κ3) is 4.34. The number of carbonyl (C=O) groups excluding carboxylic acids is 2. The Morgan fingerprint density at radius 2 is 2.09 bits per heavy atom. The second-order valence-corrected chi connectivity index (χ2v) is 6.19. The van der Waals surface area contributed by atoms with Gasteiger partial charge in [0.25, 0.3) is 5.91 Å². The molecule has 6 nitrogen and oxygen atoms in total. The number of likely N-dealkylation sites (tertiary alicyclic amines) is 1. The molecule has 0 spiro atoms. The van der Waals surface area contributed by atoms with Crippen molar-refractivity contribution in [2.45, 2.75) is 25.8 Å². The summed E-state index contributed by atoms with van der Waals surface area (Å²) in [7, 11) is 0. The van der Waals surface area contributed by atoms with E-state index in [1.165, 1.54) is 6.07 Å². The predicted molar refractivity (Wildman–Crippen MR) is 87.9 cm³/mol. The Labute approximate surface area is 142 Å². The summed E-state index contributed by atoms with van der Waals surface area (Å²) < 4.78 is 19.4. The first-order valence-electron chi connectivity index (χ1n) is 7.39. The fourth-order valence-corrected chi connectivity index (χ4v) is 3.01. The first kappa shape index (κ1) is 17.5. The lowest BCUT2D eigenvalue weighted by Crippen LogP contribution is -2.42. The lowest BCUT2D eigenvalue weighted by molar-refractivity contribution is 0.0982. The molecule has 1 saturated heterocycles. The minimum Gasteiger partial charge on any atom is -0.450 e. The molecule has 1 aliphatic rings. The molecule has 1 aliphatic heterocycles. The van der Waals surface area contributed by atoms with Crippen LogP contribution in [0.4, 0.5) is 14.9 Å². The highest BCUT2D eigenvalue weighted by Crippen LogP contribution is 2.27. The number of nitrogens with two attached hydrogens (primary N) is 1. The van der Waals surface area contributed by atoms with E-state index in [4.69, 9.17) is 10.5 Å². The second kappa shape index (κ2) is 7.63. The van der Waals surface area contributed by atoms with Gasteiger partial charge < -0.3 is 20.7 Å². The maximum atomic E-state index is 13.9. The number of piperidine rings is 1. The van der Waals surface area contributed by atoms with Crippen LogP contribution < -0.4 is 11.1 Å². The number of rotatable bonds is 4. The van der Waals surface area contributed by atoms with Crippen molar-refractivity contribution < 1.29 is 18.7 Å². The first-order chi connectivity index (χ1) is 10.9. The van der Waals surface area contributed by atoms with Gasteiger partial charge in [-0.3, -0.25) is 4.79 Å². The molecular formula is C15H19BrFN3O3. The normalized spacial score (nSPS) is 15.3. The molecule has 0 aliphatic carbocycles. The molecule has 0 aromatic heterocycles. The summed E-state index contributed by atoms with van der Waals surface area (Å²) in [5, 5.41) is 3.15. The third-order valence-electron chi connectivity index (χ3n) is 3.68. The number of hydrogen-bond donors (Lipinski definition) is 2. The van der Waals surface area contributed by atoms with Crippen molar-refractivity contribution in [1.82, 2.24) is 4.90 Å². The fraction of sp³-hybridized carbons (Fsp3) is 0.467. The largest absolute Gasteiger partial charge is 0.450 e. The molecular weight excluding hydrogens is 369 g/mol. The average molecular weight is 388 g/mol. The van der Waals surface area contributed by atoms with Crippen LogP contribution in [0.15, 0.2) is 16.6 Å². The van der Waals surface area contributed by atoms with Crippen LogP contribution in [0.5, 0.6) is 0 Å². The van der Waals surface area contributed by atoms with Gasteiger partial charge in [0, 0.05) is 23.6 Å². The number of anilines is 1. The van der Waals surface area contributed by atoms with Gasteiger partial charge in [-0.05, 0) is 31.9 Å². The molecule has 0 unspecified atom stereocenters. The zero-order chi connectivity index (χ0) is 17.0. The maximum Gasteiger partial charge on any atom is 0.409 e. The molecule has 1 aromatic rings. The van der Waals surface area contributed by atoms with Gasteiger partial charge in [-0.1, -0.05) is 15.9 Å². The van der Waals surface area contributed by atoms with Crippen molar-refractivity contribution in [3.8, 4) is 0 Å². The third-order valence-corrected chi connectivity index (χ3v) is 4.14. The topological polar surface area (TPSA) is 84.7 Å². The van der Waals surface area contributed by atoms with Crippen molar-refractivity contribution in [3.05, 3.63) is 28.0 Å². The Bertz CT molecular complexity index is 604. The van der Waals surface area contributed by atoms with Crippen LogP contribution in [0.25, 0.3) is 0 Å². The molecule has 1 aromatic carbocycles. The van der Waals surface area contributed by atoms with Gasteiger partial charge in [0.2, 0.25) is 0 Å². The van der Waals surface area contributed by atoms with Crippen molar-refractivity contribution in [2.24, 2.45) is 5.73 Å². The zero-order valence-electron chi connectivity index (χ0n) is 12.8. The van der Waals surface area contributed by atoms with Crippen LogP contribution in [-0.2, 0) is 4.74 Å². The van der Waals surface area contributed by atoms with Gasteiger partial charge in [-0.15, -0.1) is 0 Å². The molecule has 8 heteroatoms. The number of ether oxygens (including phenoxy) is 1. The van der Waals surface area contributed by atoms with E-state index in [0.717, 1.165) is 0 Å². The molecule has 3 N–H and O–H groups in total. The monoisotopic (exact) mass is 387 g/mol. The van der Waals surface area contributed by atoms with Crippen LogP contribution in [0, 0.1) is 5.82 Å². The summed E-state index contributed by atoms with van der Waals surface area (Å²) in [5.74, 6) is -1.49.